The highest BCUT2D eigenvalue weighted by Gasteiger charge is 2.30. The lowest BCUT2D eigenvalue weighted by Crippen LogP contribution is -2.46. The molecule has 12 heteroatoms. The molecule has 1 aromatic carbocycles. The molecular formula is C28H30FN5O4S2. The van der Waals surface area contributed by atoms with Gasteiger partial charge in [0.2, 0.25) is 5.91 Å². The molecule has 0 spiro atoms. The average Bonchev–Trinajstić information content (AvgIpc) is 2.97. The summed E-state index contributed by atoms with van der Waals surface area (Å²) in [5.74, 6) is 1.39. The van der Waals surface area contributed by atoms with Crippen LogP contribution < -0.4 is 21.5 Å². The third-order valence-corrected chi connectivity index (χ3v) is 10.3. The van der Waals surface area contributed by atoms with Crippen LogP contribution in [-0.4, -0.2) is 56.3 Å². The van der Waals surface area contributed by atoms with Gasteiger partial charge in [0.05, 0.1) is 23.0 Å². The minimum absolute atomic E-state index is 0.00253. The van der Waals surface area contributed by atoms with Crippen LogP contribution in [0.1, 0.15) is 61.0 Å². The van der Waals surface area contributed by atoms with Crippen LogP contribution in [0.2, 0.25) is 0 Å². The number of pyridine rings is 1. The summed E-state index contributed by atoms with van der Waals surface area (Å²) in [6.07, 6.45) is 4.91. The lowest BCUT2D eigenvalue weighted by atomic mass is 9.90. The van der Waals surface area contributed by atoms with Crippen molar-refractivity contribution in [1.82, 2.24) is 19.4 Å². The van der Waals surface area contributed by atoms with Gasteiger partial charge < -0.3 is 10.2 Å². The molecule has 4 heterocycles. The second-order valence-corrected chi connectivity index (χ2v) is 12.8. The Morgan fingerprint density at radius 1 is 1.00 bits per heavy atom. The van der Waals surface area contributed by atoms with E-state index in [0.29, 0.717) is 37.0 Å². The van der Waals surface area contributed by atoms with Gasteiger partial charge in [0.25, 0.3) is 11.5 Å². The third kappa shape index (κ3) is 4.96. The molecule has 2 aliphatic heterocycles. The minimum Gasteiger partial charge on any atom is -0.349 e. The van der Waals surface area contributed by atoms with Gasteiger partial charge in [-0.15, -0.1) is 11.8 Å². The number of aromatic nitrogens is 3. The van der Waals surface area contributed by atoms with Crippen molar-refractivity contribution in [3.63, 3.8) is 0 Å². The van der Waals surface area contributed by atoms with Crippen molar-refractivity contribution in [2.75, 3.05) is 29.2 Å². The number of hydrogen-bond acceptors (Lipinski definition) is 7. The Kier molecular flexibility index (Phi) is 7.47. The van der Waals surface area contributed by atoms with E-state index >= 15 is 0 Å². The molecule has 0 atom stereocenters. The highest BCUT2D eigenvalue weighted by atomic mass is 32.2. The Balaban J connectivity index is 1.22. The highest BCUT2D eigenvalue weighted by molar-refractivity contribution is 8.00. The largest absolute Gasteiger partial charge is 0.349 e. The summed E-state index contributed by atoms with van der Waals surface area (Å²) in [4.78, 5) is 59.1. The van der Waals surface area contributed by atoms with E-state index in [1.807, 2.05) is 17.8 Å². The van der Waals surface area contributed by atoms with Crippen LogP contribution in [-0.2, 0) is 4.79 Å². The Labute approximate surface area is 238 Å². The zero-order valence-electron chi connectivity index (χ0n) is 22.1. The van der Waals surface area contributed by atoms with Gasteiger partial charge in [0.15, 0.2) is 0 Å². The molecule has 9 nitrogen and oxygen atoms in total. The van der Waals surface area contributed by atoms with Crippen molar-refractivity contribution in [3.8, 4) is 0 Å². The number of hydrogen-bond donors (Lipinski definition) is 1. The van der Waals surface area contributed by atoms with Crippen molar-refractivity contribution in [1.29, 1.82) is 0 Å². The molecular weight excluding hydrogens is 553 g/mol. The van der Waals surface area contributed by atoms with Gasteiger partial charge in [-0.3, -0.25) is 23.5 Å². The highest BCUT2D eigenvalue weighted by Crippen LogP contribution is 2.35. The first-order chi connectivity index (χ1) is 19.3. The van der Waals surface area contributed by atoms with Gasteiger partial charge in [-0.25, -0.2) is 14.2 Å². The number of benzene rings is 1. The zero-order valence-corrected chi connectivity index (χ0v) is 23.7. The van der Waals surface area contributed by atoms with Crippen LogP contribution >= 0.6 is 23.5 Å². The molecule has 1 saturated heterocycles. The number of carbonyl (C=O) groups is 2. The summed E-state index contributed by atoms with van der Waals surface area (Å²) in [7, 11) is 1.71. The molecule has 1 aliphatic carbocycles. The van der Waals surface area contributed by atoms with Gasteiger partial charge >= 0.3 is 5.69 Å². The van der Waals surface area contributed by atoms with Gasteiger partial charge in [-0.05, 0) is 74.3 Å². The average molecular weight is 584 g/mol. The second-order valence-electron chi connectivity index (χ2n) is 10.6. The molecule has 0 bridgehead atoms. The van der Waals surface area contributed by atoms with Crippen molar-refractivity contribution in [2.45, 2.75) is 61.5 Å². The molecule has 2 fully saturated rings. The van der Waals surface area contributed by atoms with E-state index in [0.717, 1.165) is 41.1 Å². The fraction of sp³-hybridized carbons (Fsp3) is 0.464. The fourth-order valence-corrected chi connectivity index (χ4v) is 8.02. The van der Waals surface area contributed by atoms with Gasteiger partial charge in [-0.1, -0.05) is 0 Å². The van der Waals surface area contributed by atoms with Crippen molar-refractivity contribution in [2.24, 2.45) is 0 Å². The predicted octanol–water partition coefficient (Wildman–Crippen LogP) is 3.75. The monoisotopic (exact) mass is 583 g/mol. The van der Waals surface area contributed by atoms with Crippen LogP contribution in [0, 0.1) is 5.82 Å². The summed E-state index contributed by atoms with van der Waals surface area (Å²) in [5.41, 5.74) is 0.572. The lowest BCUT2D eigenvalue weighted by Gasteiger charge is -2.32. The van der Waals surface area contributed by atoms with Crippen molar-refractivity contribution in [3.05, 3.63) is 62.7 Å². The Bertz CT molecular complexity index is 1610. The number of anilines is 1. The van der Waals surface area contributed by atoms with Gasteiger partial charge in [0.1, 0.15) is 11.5 Å². The molecule has 2 amide bonds. The standard InChI is InChI=1S/C28H30FN5O4S2/c1-32-22-12-16(2-7-23(22)40-15-24(32)35)26(36)31-18-3-5-19(6-4-18)34-27(37)21-13-17(29)14-30-25(21)33(28(34)38)20-8-10-39-11-9-20/h2,7,12-14,18-20H,3-6,8-11,15H2,1H3,(H,31,36)/t18-,19+. The number of rotatable bonds is 4. The molecule has 0 unspecified atom stereocenters. The molecule has 3 aliphatic rings. The summed E-state index contributed by atoms with van der Waals surface area (Å²) in [6.45, 7) is 0. The van der Waals surface area contributed by atoms with E-state index in [2.05, 4.69) is 10.3 Å². The molecule has 2 aromatic heterocycles. The second kappa shape index (κ2) is 11.0. The van der Waals surface area contributed by atoms with E-state index < -0.39 is 11.4 Å². The topological polar surface area (TPSA) is 106 Å². The number of fused-ring (bicyclic) bond motifs is 2. The summed E-state index contributed by atoms with van der Waals surface area (Å²) in [6, 6.07) is 6.03. The summed E-state index contributed by atoms with van der Waals surface area (Å²) >= 11 is 3.30. The molecule has 1 N–H and O–H groups in total. The Morgan fingerprint density at radius 3 is 2.48 bits per heavy atom. The van der Waals surface area contributed by atoms with E-state index in [1.165, 1.54) is 22.4 Å². The molecule has 40 heavy (non-hydrogen) atoms. The maximum Gasteiger partial charge on any atom is 0.333 e. The number of halogens is 1. The number of nitrogens with zero attached hydrogens (tertiary/aromatic N) is 4. The number of thioether (sulfide) groups is 2. The van der Waals surface area contributed by atoms with Crippen molar-refractivity contribution < 1.29 is 14.0 Å². The first kappa shape index (κ1) is 27.1. The first-order valence-corrected chi connectivity index (χ1v) is 15.7. The zero-order chi connectivity index (χ0) is 28.0. The number of nitrogens with one attached hydrogen (secondary N) is 1. The lowest BCUT2D eigenvalue weighted by molar-refractivity contribution is -0.116. The summed E-state index contributed by atoms with van der Waals surface area (Å²) < 4.78 is 17.1. The maximum atomic E-state index is 14.1. The van der Waals surface area contributed by atoms with Crippen LogP contribution in [0.4, 0.5) is 10.1 Å². The molecule has 1 saturated carbocycles. The number of carbonyl (C=O) groups excluding carboxylic acids is 2. The quantitative estimate of drug-likeness (QED) is 0.499. The van der Waals surface area contributed by atoms with E-state index in [9.17, 15) is 23.6 Å². The molecule has 0 radical (unpaired) electrons. The Hall–Kier alpha value is -3.12. The van der Waals surface area contributed by atoms with Crippen LogP contribution in [0.15, 0.2) is 44.9 Å². The fourth-order valence-electron chi connectivity index (χ4n) is 5.96. The van der Waals surface area contributed by atoms with Crippen LogP contribution in [0.3, 0.4) is 0 Å². The van der Waals surface area contributed by atoms with E-state index in [1.54, 1.807) is 28.6 Å². The van der Waals surface area contributed by atoms with Crippen LogP contribution in [0.5, 0.6) is 0 Å². The number of amides is 2. The normalized spacial score (nSPS) is 21.9. The molecule has 210 valence electrons. The first-order valence-electron chi connectivity index (χ1n) is 13.6. The van der Waals surface area contributed by atoms with E-state index in [-0.39, 0.29) is 46.7 Å². The van der Waals surface area contributed by atoms with E-state index in [4.69, 9.17) is 0 Å². The smallest absolute Gasteiger partial charge is 0.333 e. The van der Waals surface area contributed by atoms with Gasteiger partial charge in [-0.2, -0.15) is 11.8 Å². The van der Waals surface area contributed by atoms with Gasteiger partial charge in [0, 0.05) is 35.6 Å². The molecule has 6 rings (SSSR count). The van der Waals surface area contributed by atoms with Crippen molar-refractivity contribution >= 4 is 52.1 Å². The molecule has 3 aromatic rings. The third-order valence-electron chi connectivity index (χ3n) is 8.18. The minimum atomic E-state index is -0.608. The Morgan fingerprint density at radius 2 is 1.73 bits per heavy atom. The van der Waals surface area contributed by atoms with Crippen LogP contribution in [0.25, 0.3) is 11.0 Å². The SMILES string of the molecule is CN1C(=O)CSc2ccc(C(=O)N[C@H]3CC[C@@H](n4c(=O)c5cc(F)cnc5n(C5CCSCC5)c4=O)CC3)cc21. The maximum absolute atomic E-state index is 14.1. The summed E-state index contributed by atoms with van der Waals surface area (Å²) in [5, 5.41) is 3.21. The predicted molar refractivity (Wildman–Crippen MR) is 155 cm³/mol.